The maximum Gasteiger partial charge on any atom is 0.449 e. The summed E-state index contributed by atoms with van der Waals surface area (Å²) in [5, 5.41) is 0. The number of likely N-dealkylation sites (tertiary alicyclic amines) is 1. The Morgan fingerprint density at radius 3 is 2.53 bits per heavy atom. The van der Waals surface area contributed by atoms with E-state index >= 15 is 0 Å². The Kier molecular flexibility index (Phi) is 2.65. The highest BCUT2D eigenvalue weighted by Gasteiger charge is 2.41. The van der Waals surface area contributed by atoms with Crippen LogP contribution in [-0.4, -0.2) is 23.9 Å². The first-order valence-corrected chi connectivity index (χ1v) is 4.99. The molecule has 0 aromatic carbocycles. The van der Waals surface area contributed by atoms with Gasteiger partial charge in [0, 0.05) is 19.5 Å². The molecule has 1 amide bonds. The second-order valence-electron chi connectivity index (χ2n) is 4.02. The topological polar surface area (TPSA) is 59.5 Å². The Hall–Kier alpha value is -1.50. The predicted molar refractivity (Wildman–Crippen MR) is 51.8 cm³/mol. The standard InChI is InChI=1S/C10H11F3N2O2/c1-15-8(16)4-5(14)9(15)6-2-3-7(17-6)10(11,12)13/h2-3,5,9H,4,14H2,1H3/t5-,9-/m0/s1. The molecule has 1 aromatic rings. The zero-order valence-corrected chi connectivity index (χ0v) is 8.99. The summed E-state index contributed by atoms with van der Waals surface area (Å²) in [5.41, 5.74) is 5.71. The van der Waals surface area contributed by atoms with Crippen LogP contribution in [0.4, 0.5) is 13.2 Å². The minimum Gasteiger partial charge on any atom is -0.454 e. The molecule has 4 nitrogen and oxygen atoms in total. The van der Waals surface area contributed by atoms with Gasteiger partial charge in [0.25, 0.3) is 0 Å². The Morgan fingerprint density at radius 2 is 2.12 bits per heavy atom. The number of carbonyl (C=O) groups is 1. The molecule has 0 radical (unpaired) electrons. The van der Waals surface area contributed by atoms with Crippen LogP contribution in [0.2, 0.25) is 0 Å². The van der Waals surface area contributed by atoms with E-state index in [9.17, 15) is 18.0 Å². The lowest BCUT2D eigenvalue weighted by molar-refractivity contribution is -0.153. The van der Waals surface area contributed by atoms with E-state index in [1.54, 1.807) is 0 Å². The van der Waals surface area contributed by atoms with Crippen LogP contribution in [-0.2, 0) is 11.0 Å². The van der Waals surface area contributed by atoms with Crippen molar-refractivity contribution in [1.82, 2.24) is 4.90 Å². The van der Waals surface area contributed by atoms with E-state index < -0.39 is 24.0 Å². The van der Waals surface area contributed by atoms with Gasteiger partial charge in [0.05, 0.1) is 0 Å². The minimum atomic E-state index is -4.52. The van der Waals surface area contributed by atoms with E-state index in [4.69, 9.17) is 10.2 Å². The molecule has 0 spiro atoms. The van der Waals surface area contributed by atoms with Crippen LogP contribution in [0.5, 0.6) is 0 Å². The van der Waals surface area contributed by atoms with Crippen molar-refractivity contribution in [2.75, 3.05) is 7.05 Å². The molecule has 0 bridgehead atoms. The first-order valence-electron chi connectivity index (χ1n) is 4.99. The third kappa shape index (κ3) is 2.02. The Balaban J connectivity index is 2.29. The van der Waals surface area contributed by atoms with Gasteiger partial charge in [0.15, 0.2) is 0 Å². The van der Waals surface area contributed by atoms with Gasteiger partial charge in [-0.25, -0.2) is 0 Å². The molecule has 1 saturated heterocycles. The van der Waals surface area contributed by atoms with Gasteiger partial charge >= 0.3 is 6.18 Å². The van der Waals surface area contributed by atoms with Crippen LogP contribution in [0.3, 0.4) is 0 Å². The molecule has 17 heavy (non-hydrogen) atoms. The van der Waals surface area contributed by atoms with Gasteiger partial charge in [0.1, 0.15) is 11.8 Å². The highest BCUT2D eigenvalue weighted by molar-refractivity contribution is 5.79. The summed E-state index contributed by atoms with van der Waals surface area (Å²) in [5.74, 6) is -1.21. The highest BCUT2D eigenvalue weighted by atomic mass is 19.4. The predicted octanol–water partition coefficient (Wildman–Crippen LogP) is 1.53. The fourth-order valence-corrected chi connectivity index (χ4v) is 1.97. The van der Waals surface area contributed by atoms with Gasteiger partial charge in [-0.05, 0) is 12.1 Å². The minimum absolute atomic E-state index is 0.0678. The number of furan rings is 1. The molecule has 1 aliphatic rings. The van der Waals surface area contributed by atoms with Crippen molar-refractivity contribution in [2.45, 2.75) is 24.7 Å². The molecule has 0 unspecified atom stereocenters. The van der Waals surface area contributed by atoms with E-state index in [-0.39, 0.29) is 18.1 Å². The molecule has 0 saturated carbocycles. The van der Waals surface area contributed by atoms with Gasteiger partial charge < -0.3 is 15.1 Å². The maximum atomic E-state index is 12.4. The highest BCUT2D eigenvalue weighted by Crippen LogP contribution is 2.36. The number of carbonyl (C=O) groups excluding carboxylic acids is 1. The van der Waals surface area contributed by atoms with Gasteiger partial charge in [-0.1, -0.05) is 0 Å². The number of nitrogens with two attached hydrogens (primary N) is 1. The van der Waals surface area contributed by atoms with Crippen molar-refractivity contribution < 1.29 is 22.4 Å². The molecular weight excluding hydrogens is 237 g/mol. The Bertz CT molecular complexity index is 441. The number of hydrogen-bond acceptors (Lipinski definition) is 3. The number of likely N-dealkylation sites (N-methyl/N-ethyl adjacent to an activating group) is 1. The lowest BCUT2D eigenvalue weighted by Gasteiger charge is -2.20. The fourth-order valence-electron chi connectivity index (χ4n) is 1.97. The van der Waals surface area contributed by atoms with E-state index in [0.29, 0.717) is 0 Å². The number of hydrogen-bond donors (Lipinski definition) is 1. The summed E-state index contributed by atoms with van der Waals surface area (Å²) in [7, 11) is 1.50. The average Bonchev–Trinajstić information content (AvgIpc) is 2.73. The van der Waals surface area contributed by atoms with Crippen LogP contribution in [0, 0.1) is 0 Å². The molecule has 2 rings (SSSR count). The summed E-state index contributed by atoms with van der Waals surface area (Å²) >= 11 is 0. The molecule has 7 heteroatoms. The SMILES string of the molecule is CN1C(=O)C[C@H](N)[C@H]1c1ccc(C(F)(F)F)o1. The van der Waals surface area contributed by atoms with Gasteiger partial charge in [-0.15, -0.1) is 0 Å². The quantitative estimate of drug-likeness (QED) is 0.819. The van der Waals surface area contributed by atoms with Crippen molar-refractivity contribution in [2.24, 2.45) is 5.73 Å². The van der Waals surface area contributed by atoms with Crippen LogP contribution < -0.4 is 5.73 Å². The zero-order valence-electron chi connectivity index (χ0n) is 8.99. The average molecular weight is 248 g/mol. The third-order valence-electron chi connectivity index (χ3n) is 2.82. The lowest BCUT2D eigenvalue weighted by atomic mass is 10.1. The lowest BCUT2D eigenvalue weighted by Crippen LogP contribution is -2.29. The maximum absolute atomic E-state index is 12.4. The van der Waals surface area contributed by atoms with Gasteiger partial charge in [-0.3, -0.25) is 4.79 Å². The number of halogens is 3. The molecule has 94 valence electrons. The summed E-state index contributed by atoms with van der Waals surface area (Å²) in [6.07, 6.45) is -4.41. The molecule has 1 fully saturated rings. The largest absolute Gasteiger partial charge is 0.454 e. The number of amides is 1. The second kappa shape index (κ2) is 3.76. The van der Waals surface area contributed by atoms with Crippen molar-refractivity contribution in [3.05, 3.63) is 23.7 Å². The Labute approximate surface area is 95.2 Å². The summed E-state index contributed by atoms with van der Waals surface area (Å²) in [6, 6.07) is 0.888. The summed E-state index contributed by atoms with van der Waals surface area (Å²) < 4.78 is 41.8. The normalized spacial score (nSPS) is 25.7. The van der Waals surface area contributed by atoms with Gasteiger partial charge in [0.2, 0.25) is 11.7 Å². The van der Waals surface area contributed by atoms with E-state index in [0.717, 1.165) is 6.07 Å². The molecule has 0 aliphatic carbocycles. The Morgan fingerprint density at radius 1 is 1.47 bits per heavy atom. The van der Waals surface area contributed by atoms with Crippen LogP contribution in [0.1, 0.15) is 24.0 Å². The molecule has 2 N–H and O–H groups in total. The van der Waals surface area contributed by atoms with Crippen LogP contribution in [0.25, 0.3) is 0 Å². The molecular formula is C10H11F3N2O2. The third-order valence-corrected chi connectivity index (χ3v) is 2.82. The van der Waals surface area contributed by atoms with Crippen molar-refractivity contribution in [1.29, 1.82) is 0 Å². The fraction of sp³-hybridized carbons (Fsp3) is 0.500. The first kappa shape index (κ1) is 12.0. The van der Waals surface area contributed by atoms with E-state index in [2.05, 4.69) is 0 Å². The molecule has 2 heterocycles. The molecule has 1 aliphatic heterocycles. The summed E-state index contributed by atoms with van der Waals surface area (Å²) in [6.45, 7) is 0. The van der Waals surface area contributed by atoms with E-state index in [1.165, 1.54) is 18.0 Å². The molecule has 2 atom stereocenters. The van der Waals surface area contributed by atoms with Crippen molar-refractivity contribution >= 4 is 5.91 Å². The molecule has 1 aromatic heterocycles. The first-order chi connectivity index (χ1) is 7.80. The monoisotopic (exact) mass is 248 g/mol. The summed E-state index contributed by atoms with van der Waals surface area (Å²) in [4.78, 5) is 12.7. The van der Waals surface area contributed by atoms with Crippen molar-refractivity contribution in [3.8, 4) is 0 Å². The number of alkyl halides is 3. The zero-order chi connectivity index (χ0) is 12.8. The second-order valence-corrected chi connectivity index (χ2v) is 4.02. The van der Waals surface area contributed by atoms with Crippen LogP contribution >= 0.6 is 0 Å². The number of rotatable bonds is 1. The van der Waals surface area contributed by atoms with Crippen molar-refractivity contribution in [3.63, 3.8) is 0 Å². The van der Waals surface area contributed by atoms with E-state index in [1.807, 2.05) is 0 Å². The van der Waals surface area contributed by atoms with Gasteiger partial charge in [-0.2, -0.15) is 13.2 Å². The number of nitrogens with zero attached hydrogens (tertiary/aromatic N) is 1. The van der Waals surface area contributed by atoms with Crippen LogP contribution in [0.15, 0.2) is 16.5 Å². The smallest absolute Gasteiger partial charge is 0.449 e.